The molecule has 2 amide bonds. The molecule has 1 fully saturated rings. The molecular weight excluding hydrogens is 332 g/mol. The van der Waals surface area contributed by atoms with Crippen molar-refractivity contribution in [2.24, 2.45) is 0 Å². The van der Waals surface area contributed by atoms with Gasteiger partial charge >= 0.3 is 17.6 Å². The first-order valence-corrected chi connectivity index (χ1v) is 8.51. The summed E-state index contributed by atoms with van der Waals surface area (Å²) in [6.07, 6.45) is 4.33. The number of urea groups is 1. The van der Waals surface area contributed by atoms with E-state index in [1.165, 1.54) is 24.5 Å². The van der Waals surface area contributed by atoms with E-state index in [9.17, 15) is 14.4 Å². The summed E-state index contributed by atoms with van der Waals surface area (Å²) >= 11 is 1.24. The molecule has 0 unspecified atom stereocenters. The highest BCUT2D eigenvalue weighted by Gasteiger charge is 2.24. The number of rotatable bonds is 3. The molecule has 1 aliphatic rings. The largest absolute Gasteiger partial charge is 0.465 e. The van der Waals surface area contributed by atoms with Gasteiger partial charge in [-0.1, -0.05) is 12.8 Å². The van der Waals surface area contributed by atoms with Gasteiger partial charge in [0.15, 0.2) is 5.58 Å². The van der Waals surface area contributed by atoms with E-state index in [1.54, 1.807) is 18.0 Å². The van der Waals surface area contributed by atoms with E-state index in [4.69, 9.17) is 4.42 Å². The Morgan fingerprint density at radius 2 is 2.04 bits per heavy atom. The first kappa shape index (κ1) is 16.5. The van der Waals surface area contributed by atoms with Gasteiger partial charge in [-0.3, -0.25) is 5.32 Å². The Morgan fingerprint density at radius 1 is 1.33 bits per heavy atom. The Labute approximate surface area is 142 Å². The van der Waals surface area contributed by atoms with Crippen LogP contribution in [-0.4, -0.2) is 37.1 Å². The van der Waals surface area contributed by atoms with Crippen LogP contribution in [0.2, 0.25) is 0 Å². The predicted octanol–water partition coefficient (Wildman–Crippen LogP) is 3.05. The second-order valence-electron chi connectivity index (χ2n) is 5.76. The minimum Gasteiger partial charge on any atom is -0.465 e. The standard InChI is InChI=1S/C16H18N2O5S/c1-18(9-5-3-4-6-9)16(21)17-13-8-11-12(24-13)7-10(14(19)22-2)15(20)23-11/h7-9H,3-6H2,1-2H3,(H,17,21). The van der Waals surface area contributed by atoms with Crippen LogP contribution in [0.1, 0.15) is 36.0 Å². The average Bonchev–Trinajstić information content (AvgIpc) is 3.21. The fourth-order valence-corrected chi connectivity index (χ4v) is 3.80. The van der Waals surface area contributed by atoms with Crippen molar-refractivity contribution in [2.45, 2.75) is 31.7 Å². The van der Waals surface area contributed by atoms with E-state index in [0.29, 0.717) is 15.3 Å². The van der Waals surface area contributed by atoms with Gasteiger partial charge in [-0.2, -0.15) is 0 Å². The molecule has 0 aromatic carbocycles. The minimum atomic E-state index is -0.756. The number of nitrogens with zero attached hydrogens (tertiary/aromatic N) is 1. The van der Waals surface area contributed by atoms with Gasteiger partial charge < -0.3 is 14.1 Å². The fraction of sp³-hybridized carbons (Fsp3) is 0.438. The molecule has 0 saturated heterocycles. The number of carbonyl (C=O) groups is 2. The molecule has 0 radical (unpaired) electrons. The van der Waals surface area contributed by atoms with Gasteiger partial charge in [0.05, 0.1) is 11.8 Å². The van der Waals surface area contributed by atoms with Crippen molar-refractivity contribution in [3.05, 3.63) is 28.1 Å². The topological polar surface area (TPSA) is 88.8 Å². The van der Waals surface area contributed by atoms with Crippen LogP contribution in [0.3, 0.4) is 0 Å². The Hall–Kier alpha value is -2.35. The van der Waals surface area contributed by atoms with E-state index in [2.05, 4.69) is 10.1 Å². The van der Waals surface area contributed by atoms with E-state index >= 15 is 0 Å². The summed E-state index contributed by atoms with van der Waals surface area (Å²) in [6, 6.07) is 3.09. The van der Waals surface area contributed by atoms with Crippen molar-refractivity contribution in [2.75, 3.05) is 19.5 Å². The zero-order valence-corrected chi connectivity index (χ0v) is 14.3. The van der Waals surface area contributed by atoms with Crippen LogP contribution in [0.25, 0.3) is 10.3 Å². The van der Waals surface area contributed by atoms with Crippen LogP contribution in [0.5, 0.6) is 0 Å². The van der Waals surface area contributed by atoms with Gasteiger partial charge in [-0.05, 0) is 18.9 Å². The molecule has 7 nitrogen and oxygen atoms in total. The Bertz CT molecular complexity index is 835. The second-order valence-corrected chi connectivity index (χ2v) is 6.84. The molecule has 3 rings (SSSR count). The molecule has 8 heteroatoms. The summed E-state index contributed by atoms with van der Waals surface area (Å²) in [5.74, 6) is -0.745. The van der Waals surface area contributed by atoms with Gasteiger partial charge in [-0.25, -0.2) is 14.4 Å². The van der Waals surface area contributed by atoms with E-state index in [0.717, 1.165) is 25.7 Å². The zero-order valence-electron chi connectivity index (χ0n) is 13.5. The first-order valence-electron chi connectivity index (χ1n) is 7.69. The summed E-state index contributed by atoms with van der Waals surface area (Å²) in [5.41, 5.74) is -0.586. The van der Waals surface area contributed by atoms with Crippen molar-refractivity contribution in [1.29, 1.82) is 0 Å². The van der Waals surface area contributed by atoms with Crippen LogP contribution < -0.4 is 10.9 Å². The van der Waals surface area contributed by atoms with E-state index in [1.807, 2.05) is 0 Å². The number of esters is 1. The van der Waals surface area contributed by atoms with Gasteiger partial charge in [0.1, 0.15) is 10.6 Å². The quantitative estimate of drug-likeness (QED) is 0.860. The molecular formula is C16H18N2O5S. The van der Waals surface area contributed by atoms with Crippen LogP contribution in [-0.2, 0) is 4.74 Å². The molecule has 128 valence electrons. The first-order chi connectivity index (χ1) is 11.5. The lowest BCUT2D eigenvalue weighted by Gasteiger charge is -2.24. The number of hydrogen-bond acceptors (Lipinski definition) is 6. The van der Waals surface area contributed by atoms with Crippen molar-refractivity contribution in [3.63, 3.8) is 0 Å². The number of anilines is 1. The molecule has 1 aliphatic carbocycles. The van der Waals surface area contributed by atoms with Crippen LogP contribution in [0.15, 0.2) is 21.3 Å². The number of amides is 2. The van der Waals surface area contributed by atoms with Crippen molar-refractivity contribution in [3.8, 4) is 0 Å². The number of thiophene rings is 1. The molecule has 0 spiro atoms. The molecule has 2 aromatic rings. The van der Waals surface area contributed by atoms with E-state index in [-0.39, 0.29) is 17.6 Å². The highest BCUT2D eigenvalue weighted by atomic mass is 32.1. The van der Waals surface area contributed by atoms with Crippen LogP contribution in [0.4, 0.5) is 9.80 Å². The van der Waals surface area contributed by atoms with Crippen molar-refractivity contribution >= 4 is 38.6 Å². The maximum atomic E-state index is 12.3. The summed E-state index contributed by atoms with van der Waals surface area (Å²) in [7, 11) is 2.99. The van der Waals surface area contributed by atoms with Gasteiger partial charge in [0.25, 0.3) is 0 Å². The third-order valence-corrected chi connectivity index (χ3v) is 5.23. The molecule has 1 saturated carbocycles. The number of hydrogen-bond donors (Lipinski definition) is 1. The lowest BCUT2D eigenvalue weighted by Crippen LogP contribution is -2.38. The lowest BCUT2D eigenvalue weighted by molar-refractivity contribution is 0.0596. The van der Waals surface area contributed by atoms with Crippen LogP contribution >= 0.6 is 11.3 Å². The molecule has 2 heterocycles. The summed E-state index contributed by atoms with van der Waals surface area (Å²) < 4.78 is 10.3. The number of ether oxygens (including phenoxy) is 1. The van der Waals surface area contributed by atoms with Crippen molar-refractivity contribution in [1.82, 2.24) is 4.90 Å². The molecule has 2 aromatic heterocycles. The molecule has 0 atom stereocenters. The number of nitrogens with one attached hydrogen (secondary N) is 1. The third kappa shape index (κ3) is 3.14. The maximum absolute atomic E-state index is 12.3. The summed E-state index contributed by atoms with van der Waals surface area (Å²) in [5, 5.41) is 3.38. The SMILES string of the molecule is COC(=O)c1cc2sc(NC(=O)N(C)C3CCCC3)cc2oc1=O. The van der Waals surface area contributed by atoms with Gasteiger partial charge in [0, 0.05) is 19.2 Å². The average molecular weight is 350 g/mol. The minimum absolute atomic E-state index is 0.159. The maximum Gasteiger partial charge on any atom is 0.351 e. The predicted molar refractivity (Wildman–Crippen MR) is 90.7 cm³/mol. The molecule has 1 N–H and O–H groups in total. The molecule has 24 heavy (non-hydrogen) atoms. The molecule has 0 bridgehead atoms. The normalized spacial score (nSPS) is 14.8. The summed E-state index contributed by atoms with van der Waals surface area (Å²) in [6.45, 7) is 0. The van der Waals surface area contributed by atoms with Gasteiger partial charge in [0.2, 0.25) is 0 Å². The second kappa shape index (κ2) is 6.64. The highest BCUT2D eigenvalue weighted by Crippen LogP contribution is 2.30. The van der Waals surface area contributed by atoms with E-state index < -0.39 is 11.6 Å². The monoisotopic (exact) mass is 350 g/mol. The van der Waals surface area contributed by atoms with Gasteiger partial charge in [-0.15, -0.1) is 11.3 Å². The summed E-state index contributed by atoms with van der Waals surface area (Å²) in [4.78, 5) is 37.4. The number of methoxy groups -OCH3 is 1. The fourth-order valence-electron chi connectivity index (χ4n) is 2.88. The van der Waals surface area contributed by atoms with Crippen LogP contribution in [0, 0.1) is 0 Å². The Balaban J connectivity index is 1.81. The zero-order chi connectivity index (χ0) is 17.3. The number of carbonyl (C=O) groups excluding carboxylic acids is 2. The Morgan fingerprint density at radius 3 is 2.71 bits per heavy atom. The smallest absolute Gasteiger partial charge is 0.351 e. The van der Waals surface area contributed by atoms with Crippen molar-refractivity contribution < 1.29 is 18.7 Å². The lowest BCUT2D eigenvalue weighted by atomic mass is 10.2. The molecule has 0 aliphatic heterocycles. The third-order valence-electron chi connectivity index (χ3n) is 4.25. The highest BCUT2D eigenvalue weighted by molar-refractivity contribution is 7.22. The Kier molecular flexibility index (Phi) is 4.57. The number of fused-ring (bicyclic) bond motifs is 1.